The minimum Gasteiger partial charge on any atom is -0.490 e. The number of hydrogen-bond acceptors (Lipinski definition) is 5. The van der Waals surface area contributed by atoms with E-state index >= 15 is 0 Å². The molecule has 6 nitrogen and oxygen atoms in total. The van der Waals surface area contributed by atoms with Crippen LogP contribution in [-0.4, -0.2) is 55.9 Å². The lowest BCUT2D eigenvalue weighted by molar-refractivity contribution is -0.148. The van der Waals surface area contributed by atoms with Gasteiger partial charge in [0.2, 0.25) is 0 Å². The van der Waals surface area contributed by atoms with Crippen LogP contribution in [0.25, 0.3) is 0 Å². The molecule has 2 heterocycles. The molecular formula is C24H36N2O4. The third kappa shape index (κ3) is 4.92. The molecule has 0 aromatic heterocycles. The summed E-state index contributed by atoms with van der Waals surface area (Å²) in [6.07, 6.45) is 7.16. The van der Waals surface area contributed by atoms with Crippen LogP contribution in [0, 0.1) is 0 Å². The van der Waals surface area contributed by atoms with Crippen molar-refractivity contribution in [3.8, 4) is 11.5 Å². The van der Waals surface area contributed by atoms with E-state index in [1.54, 1.807) is 0 Å². The summed E-state index contributed by atoms with van der Waals surface area (Å²) in [6.45, 7) is 7.78. The van der Waals surface area contributed by atoms with Gasteiger partial charge < -0.3 is 24.4 Å². The maximum absolute atomic E-state index is 13.3. The molecule has 1 N–H and O–H groups in total. The Balaban J connectivity index is 1.56. The highest BCUT2D eigenvalue weighted by Gasteiger charge is 2.40. The average molecular weight is 417 g/mol. The maximum atomic E-state index is 13.3. The molecule has 1 aliphatic carbocycles. The molecule has 0 unspecified atom stereocenters. The van der Waals surface area contributed by atoms with Gasteiger partial charge in [0.25, 0.3) is 5.91 Å². The van der Waals surface area contributed by atoms with Gasteiger partial charge in [-0.2, -0.15) is 0 Å². The third-order valence-electron chi connectivity index (χ3n) is 6.29. The van der Waals surface area contributed by atoms with E-state index < -0.39 is 0 Å². The van der Waals surface area contributed by atoms with Crippen molar-refractivity contribution >= 4 is 5.91 Å². The topological polar surface area (TPSA) is 60.0 Å². The number of hydrogen-bond donors (Lipinski definition) is 1. The van der Waals surface area contributed by atoms with E-state index in [1.165, 1.54) is 18.4 Å². The van der Waals surface area contributed by atoms with Crippen LogP contribution >= 0.6 is 0 Å². The Hall–Kier alpha value is -1.79. The van der Waals surface area contributed by atoms with E-state index in [0.717, 1.165) is 62.3 Å². The van der Waals surface area contributed by atoms with Crippen LogP contribution in [0.3, 0.4) is 0 Å². The van der Waals surface area contributed by atoms with Crippen LogP contribution in [0.1, 0.15) is 69.5 Å². The minimum atomic E-state index is -0.382. The minimum absolute atomic E-state index is 0.0132. The lowest BCUT2D eigenvalue weighted by Crippen LogP contribution is -2.50. The van der Waals surface area contributed by atoms with E-state index in [2.05, 4.69) is 36.2 Å². The second-order valence-corrected chi connectivity index (χ2v) is 8.73. The Morgan fingerprint density at radius 1 is 1.30 bits per heavy atom. The largest absolute Gasteiger partial charge is 0.490 e. The molecule has 6 heteroatoms. The van der Waals surface area contributed by atoms with Gasteiger partial charge >= 0.3 is 0 Å². The summed E-state index contributed by atoms with van der Waals surface area (Å²) in [4.78, 5) is 15.4. The van der Waals surface area contributed by atoms with Gasteiger partial charge in [-0.05, 0) is 62.3 Å². The molecule has 2 atom stereocenters. The molecule has 3 aliphatic rings. The first kappa shape index (κ1) is 21.4. The quantitative estimate of drug-likeness (QED) is 0.623. The number of amides is 1. The number of aryl methyl sites for hydroxylation is 1. The van der Waals surface area contributed by atoms with Crippen LogP contribution < -0.4 is 14.8 Å². The van der Waals surface area contributed by atoms with Crippen molar-refractivity contribution in [2.45, 2.75) is 77.0 Å². The normalized spacial score (nSPS) is 22.0. The predicted molar refractivity (Wildman–Crippen MR) is 116 cm³/mol. The molecule has 166 valence electrons. The third-order valence-corrected chi connectivity index (χ3v) is 6.29. The van der Waals surface area contributed by atoms with E-state index in [9.17, 15) is 4.79 Å². The predicted octanol–water partition coefficient (Wildman–Crippen LogP) is 3.62. The van der Waals surface area contributed by atoms with Crippen molar-refractivity contribution in [1.29, 1.82) is 0 Å². The Labute approximate surface area is 180 Å². The van der Waals surface area contributed by atoms with Gasteiger partial charge in [0.05, 0.1) is 25.9 Å². The first-order valence-electron chi connectivity index (χ1n) is 11.8. The fourth-order valence-corrected chi connectivity index (χ4v) is 4.44. The maximum Gasteiger partial charge on any atom is 0.253 e. The zero-order chi connectivity index (χ0) is 20.9. The molecule has 0 bridgehead atoms. The van der Waals surface area contributed by atoms with E-state index in [1.807, 2.05) is 0 Å². The second kappa shape index (κ2) is 10.0. The molecule has 2 fully saturated rings. The van der Waals surface area contributed by atoms with Gasteiger partial charge in [0.15, 0.2) is 11.5 Å². The van der Waals surface area contributed by atoms with Gasteiger partial charge in [-0.3, -0.25) is 4.79 Å². The van der Waals surface area contributed by atoms with Crippen molar-refractivity contribution in [3.63, 3.8) is 0 Å². The number of carbonyl (C=O) groups is 1. The van der Waals surface area contributed by atoms with Gasteiger partial charge in [-0.1, -0.05) is 19.8 Å². The second-order valence-electron chi connectivity index (χ2n) is 8.73. The average Bonchev–Trinajstić information content (AvgIpc) is 3.62. The molecule has 2 aliphatic heterocycles. The molecule has 0 radical (unpaired) electrons. The molecule has 1 aromatic carbocycles. The summed E-state index contributed by atoms with van der Waals surface area (Å²) in [5.74, 6) is 1.85. The summed E-state index contributed by atoms with van der Waals surface area (Å²) in [5.41, 5.74) is 2.34. The zero-order valence-corrected chi connectivity index (χ0v) is 18.5. The monoisotopic (exact) mass is 416 g/mol. The molecular weight excluding hydrogens is 380 g/mol. The highest BCUT2D eigenvalue weighted by molar-refractivity contribution is 5.82. The summed E-state index contributed by atoms with van der Waals surface area (Å²) >= 11 is 0. The summed E-state index contributed by atoms with van der Waals surface area (Å²) in [6, 6.07) is 4.63. The number of rotatable bonds is 9. The number of unbranched alkanes of at least 4 members (excludes halogenated alkanes) is 2. The van der Waals surface area contributed by atoms with Gasteiger partial charge in [-0.25, -0.2) is 0 Å². The fraction of sp³-hybridized carbons (Fsp3) is 0.708. The summed E-state index contributed by atoms with van der Waals surface area (Å²) < 4.78 is 17.9. The highest BCUT2D eigenvalue weighted by atomic mass is 16.5. The van der Waals surface area contributed by atoms with Gasteiger partial charge in [0, 0.05) is 19.1 Å². The van der Waals surface area contributed by atoms with Crippen LogP contribution in [0.4, 0.5) is 0 Å². The Morgan fingerprint density at radius 3 is 2.90 bits per heavy atom. The number of nitrogens with zero attached hydrogens (tertiary/aromatic N) is 1. The van der Waals surface area contributed by atoms with Crippen LogP contribution in [0.2, 0.25) is 0 Å². The lowest BCUT2D eigenvalue weighted by Gasteiger charge is -2.35. The summed E-state index contributed by atoms with van der Waals surface area (Å²) in [7, 11) is 0. The van der Waals surface area contributed by atoms with Crippen LogP contribution in [0.15, 0.2) is 12.1 Å². The summed E-state index contributed by atoms with van der Waals surface area (Å²) in [5, 5.41) is 3.28. The number of nitrogens with one attached hydrogen (secondary N) is 1. The molecule has 1 amide bonds. The Morgan fingerprint density at radius 2 is 2.17 bits per heavy atom. The molecule has 0 spiro atoms. The van der Waals surface area contributed by atoms with Crippen molar-refractivity contribution < 1.29 is 19.0 Å². The zero-order valence-electron chi connectivity index (χ0n) is 18.5. The Kier molecular flexibility index (Phi) is 7.16. The van der Waals surface area contributed by atoms with Crippen molar-refractivity contribution in [1.82, 2.24) is 10.2 Å². The number of fused-ring (bicyclic) bond motifs is 1. The smallest absolute Gasteiger partial charge is 0.253 e. The van der Waals surface area contributed by atoms with Crippen LogP contribution in [0.5, 0.6) is 11.5 Å². The highest BCUT2D eigenvalue weighted by Crippen LogP contribution is 2.41. The number of benzene rings is 1. The lowest BCUT2D eigenvalue weighted by atomic mass is 9.97. The van der Waals surface area contributed by atoms with Crippen LogP contribution in [-0.2, 0) is 16.0 Å². The van der Waals surface area contributed by atoms with Gasteiger partial charge in [-0.15, -0.1) is 0 Å². The van der Waals surface area contributed by atoms with E-state index in [0.29, 0.717) is 25.8 Å². The molecule has 4 rings (SSSR count). The fourth-order valence-electron chi connectivity index (χ4n) is 4.44. The molecule has 1 saturated carbocycles. The molecule has 1 aromatic rings. The molecule has 1 saturated heterocycles. The van der Waals surface area contributed by atoms with Crippen molar-refractivity contribution in [2.24, 2.45) is 0 Å². The first-order chi connectivity index (χ1) is 14.7. The first-order valence-corrected chi connectivity index (χ1v) is 11.8. The Bertz CT molecular complexity index is 728. The van der Waals surface area contributed by atoms with Crippen molar-refractivity contribution in [2.75, 3.05) is 32.9 Å². The van der Waals surface area contributed by atoms with Crippen molar-refractivity contribution in [3.05, 3.63) is 23.3 Å². The van der Waals surface area contributed by atoms with Gasteiger partial charge in [0.1, 0.15) is 6.10 Å². The van der Waals surface area contributed by atoms with E-state index in [-0.39, 0.29) is 18.1 Å². The standard InChI is InChI=1S/C24H36N2O4/c1-3-4-5-11-28-21-15-19(14-18-7-6-12-30-23(18)21)17(2)26(20-8-9-20)24(27)22-16-25-10-13-29-22/h14-15,17,20,22,25H,3-13,16H2,1-2H3/t17-,22-/m1/s1. The number of carbonyl (C=O) groups excluding carboxylic acids is 1. The number of morpholine rings is 1. The molecule has 30 heavy (non-hydrogen) atoms. The number of ether oxygens (including phenoxy) is 3. The SMILES string of the molecule is CCCCCOc1cc([C@@H](C)N(C(=O)[C@H]2CNCCO2)C2CC2)cc2c1OCCC2. The van der Waals surface area contributed by atoms with E-state index in [4.69, 9.17) is 14.2 Å².